The van der Waals surface area contributed by atoms with Crippen molar-refractivity contribution >= 4 is 17.3 Å². The van der Waals surface area contributed by atoms with E-state index < -0.39 is 5.97 Å². The second kappa shape index (κ2) is 4.40. The summed E-state index contributed by atoms with van der Waals surface area (Å²) < 4.78 is 5.11. The molecule has 2 aromatic heterocycles. The van der Waals surface area contributed by atoms with Crippen LogP contribution in [-0.4, -0.2) is 15.9 Å². The van der Waals surface area contributed by atoms with E-state index in [0.29, 0.717) is 11.4 Å². The number of rotatable bonds is 2. The fraction of sp³-hybridized carbons (Fsp3) is 0.182. The van der Waals surface area contributed by atoms with Gasteiger partial charge in [0, 0.05) is 11.1 Å². The Hall–Kier alpha value is -1.75. The van der Waals surface area contributed by atoms with Gasteiger partial charge in [0.25, 0.3) is 0 Å². The largest absolute Gasteiger partial charge is 0.420 e. The van der Waals surface area contributed by atoms with Gasteiger partial charge in [0.05, 0.1) is 11.2 Å². The van der Waals surface area contributed by atoms with Crippen LogP contribution in [0.4, 0.5) is 0 Å². The van der Waals surface area contributed by atoms with E-state index in [4.69, 9.17) is 4.74 Å². The zero-order chi connectivity index (χ0) is 11.5. The first kappa shape index (κ1) is 10.8. The van der Waals surface area contributed by atoms with Crippen molar-refractivity contribution in [1.29, 1.82) is 0 Å². The van der Waals surface area contributed by atoms with Crippen molar-refractivity contribution < 1.29 is 9.53 Å². The Morgan fingerprint density at radius 1 is 1.38 bits per heavy atom. The minimum atomic E-state index is -0.449. The average Bonchev–Trinajstić information content (AvgIpc) is 2.68. The van der Waals surface area contributed by atoms with Crippen molar-refractivity contribution in [3.8, 4) is 5.75 Å². The number of hydrogen-bond donors (Lipinski definition) is 0. The first-order valence-electron chi connectivity index (χ1n) is 4.72. The number of aryl methyl sites for hydroxylation is 2. The molecule has 16 heavy (non-hydrogen) atoms. The number of nitrogens with zero attached hydrogens (tertiary/aromatic N) is 2. The molecule has 0 aliphatic heterocycles. The van der Waals surface area contributed by atoms with Crippen molar-refractivity contribution in [3.63, 3.8) is 0 Å². The molecule has 2 rings (SSSR count). The zero-order valence-electron chi connectivity index (χ0n) is 8.93. The topological polar surface area (TPSA) is 52.1 Å². The highest BCUT2D eigenvalue weighted by Gasteiger charge is 2.11. The van der Waals surface area contributed by atoms with E-state index in [2.05, 4.69) is 9.97 Å². The maximum absolute atomic E-state index is 11.6. The number of ether oxygens (including phenoxy) is 1. The molecule has 0 amide bonds. The summed E-state index contributed by atoms with van der Waals surface area (Å²) in [7, 11) is 0. The van der Waals surface area contributed by atoms with E-state index in [-0.39, 0.29) is 0 Å². The number of thiazole rings is 1. The molecule has 0 bridgehead atoms. The normalized spacial score (nSPS) is 10.1. The van der Waals surface area contributed by atoms with Crippen LogP contribution in [0.3, 0.4) is 0 Å². The average molecular weight is 234 g/mol. The second-order valence-electron chi connectivity index (χ2n) is 3.28. The molecular formula is C11H10N2O2S. The first-order chi connectivity index (χ1) is 7.65. The molecule has 5 heteroatoms. The molecule has 0 saturated heterocycles. The maximum atomic E-state index is 11.6. The minimum absolute atomic E-state index is 0.336. The summed E-state index contributed by atoms with van der Waals surface area (Å²) in [6.45, 7) is 3.71. The molecule has 2 aromatic rings. The van der Waals surface area contributed by atoms with Crippen molar-refractivity contribution in [2.24, 2.45) is 0 Å². The Morgan fingerprint density at radius 2 is 2.19 bits per heavy atom. The minimum Gasteiger partial charge on any atom is -0.420 e. The maximum Gasteiger partial charge on any atom is 0.363 e. The van der Waals surface area contributed by atoms with Crippen molar-refractivity contribution in [3.05, 3.63) is 40.1 Å². The number of hydrogen-bond acceptors (Lipinski definition) is 5. The highest BCUT2D eigenvalue weighted by molar-refractivity contribution is 7.09. The van der Waals surface area contributed by atoms with Crippen LogP contribution in [0.25, 0.3) is 0 Å². The zero-order valence-corrected chi connectivity index (χ0v) is 9.75. The number of pyridine rings is 1. The van der Waals surface area contributed by atoms with E-state index in [1.165, 1.54) is 17.5 Å². The number of carbonyl (C=O) groups excluding carboxylic acids is 1. The molecule has 0 aromatic carbocycles. The SMILES string of the molecule is Cc1ccc(OC(=O)c2csc(C)n2)cn1. The summed E-state index contributed by atoms with van der Waals surface area (Å²) in [5.41, 5.74) is 1.22. The van der Waals surface area contributed by atoms with Gasteiger partial charge in [-0.25, -0.2) is 9.78 Å². The number of esters is 1. The predicted octanol–water partition coefficient (Wildman–Crippen LogP) is 2.37. The lowest BCUT2D eigenvalue weighted by atomic mass is 10.4. The first-order valence-corrected chi connectivity index (χ1v) is 5.60. The molecule has 4 nitrogen and oxygen atoms in total. The van der Waals surface area contributed by atoms with Crippen LogP contribution in [0.5, 0.6) is 5.75 Å². The van der Waals surface area contributed by atoms with Gasteiger partial charge in [0.15, 0.2) is 5.69 Å². The van der Waals surface area contributed by atoms with E-state index in [1.54, 1.807) is 17.5 Å². The Morgan fingerprint density at radius 3 is 2.75 bits per heavy atom. The molecule has 0 unspecified atom stereocenters. The van der Waals surface area contributed by atoms with Gasteiger partial charge in [-0.3, -0.25) is 4.98 Å². The molecule has 0 fully saturated rings. The smallest absolute Gasteiger partial charge is 0.363 e. The van der Waals surface area contributed by atoms with E-state index in [9.17, 15) is 4.79 Å². The van der Waals surface area contributed by atoms with Crippen LogP contribution in [0.1, 0.15) is 21.2 Å². The van der Waals surface area contributed by atoms with Gasteiger partial charge < -0.3 is 4.74 Å². The van der Waals surface area contributed by atoms with Gasteiger partial charge in [0.2, 0.25) is 0 Å². The predicted molar refractivity (Wildman–Crippen MR) is 60.8 cm³/mol. The summed E-state index contributed by atoms with van der Waals surface area (Å²) in [5.74, 6) is -0.0174. The van der Waals surface area contributed by atoms with Gasteiger partial charge >= 0.3 is 5.97 Å². The van der Waals surface area contributed by atoms with E-state index in [1.807, 2.05) is 13.8 Å². The van der Waals surface area contributed by atoms with Crippen LogP contribution in [0.15, 0.2) is 23.7 Å². The summed E-state index contributed by atoms with van der Waals surface area (Å²) >= 11 is 1.42. The standard InChI is InChI=1S/C11H10N2O2S/c1-7-3-4-9(5-12-7)15-11(14)10-6-16-8(2)13-10/h3-6H,1-2H3. The summed E-state index contributed by atoms with van der Waals surface area (Å²) in [4.78, 5) is 19.7. The highest BCUT2D eigenvalue weighted by atomic mass is 32.1. The molecule has 0 N–H and O–H groups in total. The third-order valence-electron chi connectivity index (χ3n) is 1.92. The number of carbonyl (C=O) groups is 1. The molecule has 0 aliphatic carbocycles. The summed E-state index contributed by atoms with van der Waals surface area (Å²) in [6.07, 6.45) is 1.52. The monoisotopic (exact) mass is 234 g/mol. The van der Waals surface area contributed by atoms with Crippen LogP contribution in [0, 0.1) is 13.8 Å². The van der Waals surface area contributed by atoms with E-state index >= 15 is 0 Å². The molecule has 2 heterocycles. The van der Waals surface area contributed by atoms with Crippen LogP contribution in [-0.2, 0) is 0 Å². The van der Waals surface area contributed by atoms with Gasteiger partial charge in [-0.15, -0.1) is 11.3 Å². The molecule has 0 spiro atoms. The lowest BCUT2D eigenvalue weighted by Crippen LogP contribution is -2.09. The lowest BCUT2D eigenvalue weighted by Gasteiger charge is -2.01. The molecule has 0 atom stereocenters. The fourth-order valence-corrected chi connectivity index (χ4v) is 1.71. The Labute approximate surface area is 96.9 Å². The van der Waals surface area contributed by atoms with Gasteiger partial charge in [0.1, 0.15) is 5.75 Å². The fourth-order valence-electron chi connectivity index (χ4n) is 1.13. The van der Waals surface area contributed by atoms with Crippen LogP contribution < -0.4 is 4.74 Å². The summed E-state index contributed by atoms with van der Waals surface area (Å²) in [6, 6.07) is 3.49. The summed E-state index contributed by atoms with van der Waals surface area (Å²) in [5, 5.41) is 2.52. The van der Waals surface area contributed by atoms with E-state index in [0.717, 1.165) is 10.7 Å². The van der Waals surface area contributed by atoms with Gasteiger partial charge in [-0.2, -0.15) is 0 Å². The van der Waals surface area contributed by atoms with Crippen molar-refractivity contribution in [2.45, 2.75) is 13.8 Å². The number of aromatic nitrogens is 2. The lowest BCUT2D eigenvalue weighted by molar-refractivity contribution is 0.0728. The third kappa shape index (κ3) is 2.43. The van der Waals surface area contributed by atoms with Crippen molar-refractivity contribution in [1.82, 2.24) is 9.97 Å². The second-order valence-corrected chi connectivity index (χ2v) is 4.34. The van der Waals surface area contributed by atoms with Crippen LogP contribution in [0.2, 0.25) is 0 Å². The third-order valence-corrected chi connectivity index (χ3v) is 2.70. The quantitative estimate of drug-likeness (QED) is 0.748. The van der Waals surface area contributed by atoms with Crippen LogP contribution >= 0.6 is 11.3 Å². The van der Waals surface area contributed by atoms with Crippen molar-refractivity contribution in [2.75, 3.05) is 0 Å². The Kier molecular flexibility index (Phi) is 2.96. The Bertz CT molecular complexity index is 505. The molecular weight excluding hydrogens is 224 g/mol. The molecule has 82 valence electrons. The van der Waals surface area contributed by atoms with Gasteiger partial charge in [-0.05, 0) is 26.0 Å². The Balaban J connectivity index is 2.10. The molecule has 0 saturated carbocycles. The molecule has 0 radical (unpaired) electrons. The highest BCUT2D eigenvalue weighted by Crippen LogP contribution is 2.13. The van der Waals surface area contributed by atoms with Gasteiger partial charge in [-0.1, -0.05) is 0 Å². The molecule has 0 aliphatic rings.